The number of benzene rings is 1. The first-order valence-electron chi connectivity index (χ1n) is 6.13. The third-order valence-electron chi connectivity index (χ3n) is 3.39. The monoisotopic (exact) mass is 228 g/mol. The average molecular weight is 228 g/mol. The third kappa shape index (κ3) is 2.64. The Labute approximate surface area is 103 Å². The van der Waals surface area contributed by atoms with Gasteiger partial charge >= 0.3 is 0 Å². The first kappa shape index (κ1) is 12.1. The number of fused-ring (bicyclic) bond motifs is 1. The van der Waals surface area contributed by atoms with Gasteiger partial charge in [-0.05, 0) is 43.1 Å². The summed E-state index contributed by atoms with van der Waals surface area (Å²) in [6.07, 6.45) is 2.98. The van der Waals surface area contributed by atoms with Gasteiger partial charge in [0.05, 0.1) is 5.52 Å². The van der Waals surface area contributed by atoms with Gasteiger partial charge in [0, 0.05) is 11.6 Å². The van der Waals surface area contributed by atoms with Gasteiger partial charge in [-0.25, -0.2) is 0 Å². The Morgan fingerprint density at radius 3 is 2.82 bits per heavy atom. The summed E-state index contributed by atoms with van der Waals surface area (Å²) >= 11 is 0. The van der Waals surface area contributed by atoms with Crippen molar-refractivity contribution in [1.29, 1.82) is 0 Å². The van der Waals surface area contributed by atoms with E-state index in [-0.39, 0.29) is 5.41 Å². The van der Waals surface area contributed by atoms with Crippen molar-refractivity contribution in [2.24, 2.45) is 0 Å². The van der Waals surface area contributed by atoms with E-state index in [0.29, 0.717) is 0 Å². The highest BCUT2D eigenvalue weighted by atomic mass is 14.8. The molecule has 2 nitrogen and oxygen atoms in total. The molecule has 1 heterocycles. The second-order valence-corrected chi connectivity index (χ2v) is 5.15. The average Bonchev–Trinajstić information content (AvgIpc) is 2.36. The van der Waals surface area contributed by atoms with Crippen molar-refractivity contribution in [3.63, 3.8) is 0 Å². The van der Waals surface area contributed by atoms with Gasteiger partial charge in [-0.1, -0.05) is 32.0 Å². The van der Waals surface area contributed by atoms with Gasteiger partial charge in [-0.15, -0.1) is 0 Å². The van der Waals surface area contributed by atoms with E-state index in [4.69, 9.17) is 0 Å². The Hall–Kier alpha value is -1.41. The zero-order valence-corrected chi connectivity index (χ0v) is 10.8. The molecule has 17 heavy (non-hydrogen) atoms. The van der Waals surface area contributed by atoms with Crippen LogP contribution in [0, 0.1) is 0 Å². The summed E-state index contributed by atoms with van der Waals surface area (Å²) in [7, 11) is 2.00. The maximum atomic E-state index is 4.42. The van der Waals surface area contributed by atoms with Crippen molar-refractivity contribution in [2.45, 2.75) is 25.7 Å². The maximum absolute atomic E-state index is 4.42. The molecule has 0 aliphatic carbocycles. The lowest BCUT2D eigenvalue weighted by atomic mass is 9.81. The van der Waals surface area contributed by atoms with E-state index in [2.05, 4.69) is 48.4 Å². The number of hydrogen-bond acceptors (Lipinski definition) is 2. The minimum Gasteiger partial charge on any atom is -0.320 e. The smallest absolute Gasteiger partial charge is 0.0704 e. The van der Waals surface area contributed by atoms with Crippen LogP contribution in [0.4, 0.5) is 0 Å². The van der Waals surface area contributed by atoms with Crippen LogP contribution in [0.25, 0.3) is 10.9 Å². The normalized spacial score (nSPS) is 11.9. The molecule has 0 spiro atoms. The van der Waals surface area contributed by atoms with Gasteiger partial charge in [0.15, 0.2) is 0 Å². The van der Waals surface area contributed by atoms with Crippen LogP contribution in [0.3, 0.4) is 0 Å². The van der Waals surface area contributed by atoms with Crippen LogP contribution in [0.2, 0.25) is 0 Å². The predicted molar refractivity (Wildman–Crippen MR) is 73.3 cm³/mol. The lowest BCUT2D eigenvalue weighted by Gasteiger charge is -2.25. The summed E-state index contributed by atoms with van der Waals surface area (Å²) in [6.45, 7) is 5.61. The van der Waals surface area contributed by atoms with Crippen LogP contribution in [-0.2, 0) is 5.41 Å². The summed E-state index contributed by atoms with van der Waals surface area (Å²) in [5.74, 6) is 0. The fourth-order valence-corrected chi connectivity index (χ4v) is 2.07. The Kier molecular flexibility index (Phi) is 3.43. The van der Waals surface area contributed by atoms with Crippen molar-refractivity contribution >= 4 is 10.9 Å². The van der Waals surface area contributed by atoms with E-state index >= 15 is 0 Å². The fourth-order valence-electron chi connectivity index (χ4n) is 2.07. The third-order valence-corrected chi connectivity index (χ3v) is 3.39. The van der Waals surface area contributed by atoms with Crippen molar-refractivity contribution in [3.8, 4) is 0 Å². The van der Waals surface area contributed by atoms with E-state index in [9.17, 15) is 0 Å². The number of nitrogens with zero attached hydrogens (tertiary/aromatic N) is 1. The van der Waals surface area contributed by atoms with Crippen LogP contribution in [0.5, 0.6) is 0 Å². The SMILES string of the molecule is CNCCC(C)(C)c1ccc2cccnc2c1. The minimum absolute atomic E-state index is 0.189. The van der Waals surface area contributed by atoms with Crippen molar-refractivity contribution in [3.05, 3.63) is 42.1 Å². The topological polar surface area (TPSA) is 24.9 Å². The van der Waals surface area contributed by atoms with Crippen LogP contribution in [0.1, 0.15) is 25.8 Å². The summed E-state index contributed by atoms with van der Waals surface area (Å²) in [5, 5.41) is 4.42. The highest BCUT2D eigenvalue weighted by Crippen LogP contribution is 2.28. The number of pyridine rings is 1. The summed E-state index contributed by atoms with van der Waals surface area (Å²) in [6, 6.07) is 10.7. The molecule has 1 N–H and O–H groups in total. The summed E-state index contributed by atoms with van der Waals surface area (Å²) in [5.41, 5.74) is 2.64. The highest BCUT2D eigenvalue weighted by molar-refractivity contribution is 5.79. The summed E-state index contributed by atoms with van der Waals surface area (Å²) in [4.78, 5) is 4.42. The molecule has 0 saturated heterocycles. The molecule has 1 aromatic heterocycles. The van der Waals surface area contributed by atoms with Gasteiger partial charge in [0.1, 0.15) is 0 Å². The molecule has 0 bridgehead atoms. The largest absolute Gasteiger partial charge is 0.320 e. The Morgan fingerprint density at radius 1 is 1.24 bits per heavy atom. The highest BCUT2D eigenvalue weighted by Gasteiger charge is 2.20. The van der Waals surface area contributed by atoms with Crippen LogP contribution < -0.4 is 5.32 Å². The molecule has 0 aliphatic rings. The zero-order valence-electron chi connectivity index (χ0n) is 10.8. The second kappa shape index (κ2) is 4.84. The van der Waals surface area contributed by atoms with Crippen molar-refractivity contribution < 1.29 is 0 Å². The lowest BCUT2D eigenvalue weighted by molar-refractivity contribution is 0.469. The number of nitrogens with one attached hydrogen (secondary N) is 1. The quantitative estimate of drug-likeness (QED) is 0.869. The zero-order chi connectivity index (χ0) is 12.3. The van der Waals surface area contributed by atoms with Crippen LogP contribution in [-0.4, -0.2) is 18.6 Å². The molecule has 2 heteroatoms. The van der Waals surface area contributed by atoms with E-state index in [1.54, 1.807) is 0 Å². The maximum Gasteiger partial charge on any atom is 0.0704 e. The molecule has 90 valence electrons. The first-order chi connectivity index (χ1) is 8.13. The van der Waals surface area contributed by atoms with Gasteiger partial charge in [-0.2, -0.15) is 0 Å². The molecule has 0 saturated carbocycles. The van der Waals surface area contributed by atoms with E-state index in [0.717, 1.165) is 18.5 Å². The van der Waals surface area contributed by atoms with Crippen molar-refractivity contribution in [2.75, 3.05) is 13.6 Å². The number of rotatable bonds is 4. The van der Waals surface area contributed by atoms with Crippen molar-refractivity contribution in [1.82, 2.24) is 10.3 Å². The van der Waals surface area contributed by atoms with E-state index in [1.807, 2.05) is 19.3 Å². The van der Waals surface area contributed by atoms with Gasteiger partial charge < -0.3 is 5.32 Å². The molecule has 0 atom stereocenters. The van der Waals surface area contributed by atoms with Gasteiger partial charge in [-0.3, -0.25) is 4.98 Å². The predicted octanol–water partition coefficient (Wildman–Crippen LogP) is 3.12. The lowest BCUT2D eigenvalue weighted by Crippen LogP contribution is -2.23. The van der Waals surface area contributed by atoms with Gasteiger partial charge in [0.2, 0.25) is 0 Å². The van der Waals surface area contributed by atoms with E-state index in [1.165, 1.54) is 10.9 Å². The Balaban J connectivity index is 2.35. The molecule has 2 rings (SSSR count). The molecular formula is C15H20N2. The van der Waals surface area contributed by atoms with Gasteiger partial charge in [0.25, 0.3) is 0 Å². The van der Waals surface area contributed by atoms with Crippen LogP contribution >= 0.6 is 0 Å². The molecule has 1 aromatic carbocycles. The molecule has 0 unspecified atom stereocenters. The standard InChI is InChI=1S/C15H20N2/c1-15(2,8-10-16-3)13-7-6-12-5-4-9-17-14(12)11-13/h4-7,9,11,16H,8,10H2,1-3H3. The molecule has 0 aliphatic heterocycles. The number of aromatic nitrogens is 1. The molecule has 2 aromatic rings. The molecule has 0 amide bonds. The Morgan fingerprint density at radius 2 is 2.06 bits per heavy atom. The summed E-state index contributed by atoms with van der Waals surface area (Å²) < 4.78 is 0. The minimum atomic E-state index is 0.189. The fraction of sp³-hybridized carbons (Fsp3) is 0.400. The molecular weight excluding hydrogens is 208 g/mol. The molecule has 0 fully saturated rings. The second-order valence-electron chi connectivity index (χ2n) is 5.15. The molecule has 0 radical (unpaired) electrons. The Bertz CT molecular complexity index is 503. The van der Waals surface area contributed by atoms with Crippen LogP contribution in [0.15, 0.2) is 36.5 Å². The first-order valence-corrected chi connectivity index (χ1v) is 6.13. The van der Waals surface area contributed by atoms with E-state index < -0.39 is 0 Å². The number of hydrogen-bond donors (Lipinski definition) is 1.